The van der Waals surface area contributed by atoms with Crippen molar-refractivity contribution in [3.63, 3.8) is 0 Å². The lowest BCUT2D eigenvalue weighted by molar-refractivity contribution is -0.115. The number of rotatable bonds is 8. The normalized spacial score (nSPS) is 12.4. The number of carbonyl (C=O) groups is 1. The largest absolute Gasteiger partial charge is 0.325 e. The zero-order chi connectivity index (χ0) is 23.3. The minimum atomic E-state index is -3.55. The van der Waals surface area contributed by atoms with Crippen molar-refractivity contribution in [2.75, 3.05) is 11.9 Å². The minimum absolute atomic E-state index is 0.150. The van der Waals surface area contributed by atoms with Gasteiger partial charge < -0.3 is 5.32 Å². The molecule has 33 heavy (non-hydrogen) atoms. The van der Waals surface area contributed by atoms with E-state index in [-0.39, 0.29) is 10.8 Å². The first kappa shape index (κ1) is 23.0. The van der Waals surface area contributed by atoms with Crippen molar-refractivity contribution in [1.29, 1.82) is 0 Å². The van der Waals surface area contributed by atoms with E-state index in [0.717, 1.165) is 21.5 Å². The van der Waals surface area contributed by atoms with Crippen LogP contribution in [-0.4, -0.2) is 25.9 Å². The molecule has 4 rings (SSSR count). The van der Waals surface area contributed by atoms with Gasteiger partial charge in [0.05, 0.1) is 15.4 Å². The maximum absolute atomic E-state index is 13.3. The van der Waals surface area contributed by atoms with Crippen LogP contribution in [0.1, 0.15) is 17.7 Å². The molecule has 0 spiro atoms. The molecular weight excluding hydrogens is 454 g/mol. The van der Waals surface area contributed by atoms with Crippen LogP contribution in [0.3, 0.4) is 0 Å². The molecule has 0 saturated carbocycles. The zero-order valence-electron chi connectivity index (χ0n) is 17.9. The molecule has 0 aliphatic heterocycles. The molecule has 4 aromatic rings. The van der Waals surface area contributed by atoms with Gasteiger partial charge in [0.1, 0.15) is 5.25 Å². The highest BCUT2D eigenvalue weighted by Gasteiger charge is 2.23. The van der Waals surface area contributed by atoms with Crippen molar-refractivity contribution in [1.82, 2.24) is 9.71 Å². The fourth-order valence-corrected chi connectivity index (χ4v) is 5.37. The maximum atomic E-state index is 13.3. The minimum Gasteiger partial charge on any atom is -0.325 e. The highest BCUT2D eigenvalue weighted by molar-refractivity contribution is 8.00. The van der Waals surface area contributed by atoms with Crippen molar-refractivity contribution in [3.8, 4) is 0 Å². The van der Waals surface area contributed by atoms with E-state index in [1.165, 1.54) is 23.9 Å². The molecule has 1 unspecified atom stereocenters. The van der Waals surface area contributed by atoms with Gasteiger partial charge in [-0.3, -0.25) is 4.79 Å². The summed E-state index contributed by atoms with van der Waals surface area (Å²) >= 11 is 1.37. The number of anilines is 1. The Morgan fingerprint density at radius 1 is 0.909 bits per heavy atom. The second-order valence-electron chi connectivity index (χ2n) is 7.27. The number of carbonyl (C=O) groups excluding carboxylic acids is 1. The number of fused-ring (bicyclic) bond motifs is 1. The summed E-state index contributed by atoms with van der Waals surface area (Å²) in [7, 11) is -3.55. The summed E-state index contributed by atoms with van der Waals surface area (Å²) in [6, 6.07) is 27.4. The van der Waals surface area contributed by atoms with Gasteiger partial charge in [0.2, 0.25) is 15.9 Å². The van der Waals surface area contributed by atoms with Crippen molar-refractivity contribution in [3.05, 3.63) is 96.6 Å². The summed E-state index contributed by atoms with van der Waals surface area (Å²) in [6.07, 6.45) is 0. The molecule has 8 heteroatoms. The summed E-state index contributed by atoms with van der Waals surface area (Å²) < 4.78 is 26.7. The molecule has 0 saturated heterocycles. The van der Waals surface area contributed by atoms with Crippen LogP contribution in [0.2, 0.25) is 0 Å². The van der Waals surface area contributed by atoms with E-state index in [2.05, 4.69) is 10.0 Å². The number of pyridine rings is 1. The molecule has 1 amide bonds. The van der Waals surface area contributed by atoms with Crippen LogP contribution >= 0.6 is 11.8 Å². The number of nitrogens with one attached hydrogen (secondary N) is 2. The maximum Gasteiger partial charge on any atom is 0.242 e. The van der Waals surface area contributed by atoms with Crippen LogP contribution in [0, 0.1) is 0 Å². The number of sulfonamides is 1. The number of amides is 1. The highest BCUT2D eigenvalue weighted by Crippen LogP contribution is 2.36. The van der Waals surface area contributed by atoms with Crippen LogP contribution in [-0.2, 0) is 14.8 Å². The van der Waals surface area contributed by atoms with Gasteiger partial charge in [0, 0.05) is 17.6 Å². The van der Waals surface area contributed by atoms with E-state index >= 15 is 0 Å². The Balaban J connectivity index is 1.57. The van der Waals surface area contributed by atoms with Gasteiger partial charge in [-0.25, -0.2) is 18.1 Å². The Kier molecular flexibility index (Phi) is 7.08. The second-order valence-corrected chi connectivity index (χ2v) is 10.2. The third-order valence-electron chi connectivity index (χ3n) is 4.92. The lowest BCUT2D eigenvalue weighted by Crippen LogP contribution is -2.23. The molecule has 0 radical (unpaired) electrons. The topological polar surface area (TPSA) is 88.2 Å². The molecule has 6 nitrogen and oxygen atoms in total. The molecule has 2 N–H and O–H groups in total. The summed E-state index contributed by atoms with van der Waals surface area (Å²) in [5, 5.41) is 4.15. The van der Waals surface area contributed by atoms with Gasteiger partial charge in [-0.15, -0.1) is 0 Å². The fraction of sp³-hybridized carbons (Fsp3) is 0.120. The molecular formula is C25H23N3O3S2. The quantitative estimate of drug-likeness (QED) is 0.349. The van der Waals surface area contributed by atoms with E-state index in [1.807, 2.05) is 66.7 Å². The number of hydrogen-bond acceptors (Lipinski definition) is 5. The lowest BCUT2D eigenvalue weighted by Gasteiger charge is -2.17. The zero-order valence-corrected chi connectivity index (χ0v) is 19.6. The first-order valence-corrected chi connectivity index (χ1v) is 12.8. The van der Waals surface area contributed by atoms with Crippen LogP contribution < -0.4 is 10.0 Å². The first-order chi connectivity index (χ1) is 16.0. The standard InChI is InChI=1S/C25H23N3O3S2/c1-2-26-33(30,31)21-15-13-20(14-16-21)27-25(29)24(19-9-4-3-5-10-19)32-23-17-12-18-8-6-7-11-22(18)28-23/h3-17,24,26H,2H2,1H3,(H,27,29). The SMILES string of the molecule is CCNS(=O)(=O)c1ccc(NC(=O)C(Sc2ccc3ccccc3n2)c2ccccc2)cc1. The van der Waals surface area contributed by atoms with E-state index in [9.17, 15) is 13.2 Å². The van der Waals surface area contributed by atoms with Gasteiger partial charge in [0.25, 0.3) is 0 Å². The van der Waals surface area contributed by atoms with E-state index < -0.39 is 15.3 Å². The predicted octanol–water partition coefficient (Wildman–Crippen LogP) is 5.01. The predicted molar refractivity (Wildman–Crippen MR) is 133 cm³/mol. The molecule has 1 heterocycles. The van der Waals surface area contributed by atoms with E-state index in [0.29, 0.717) is 12.2 Å². The highest BCUT2D eigenvalue weighted by atomic mass is 32.2. The average molecular weight is 478 g/mol. The molecule has 3 aromatic carbocycles. The number of benzene rings is 3. The smallest absolute Gasteiger partial charge is 0.242 e. The summed E-state index contributed by atoms with van der Waals surface area (Å²) in [6.45, 7) is 2.03. The average Bonchev–Trinajstić information content (AvgIpc) is 2.83. The molecule has 1 aromatic heterocycles. The third kappa shape index (κ3) is 5.60. The third-order valence-corrected chi connectivity index (χ3v) is 7.67. The van der Waals surface area contributed by atoms with Crippen molar-refractivity contribution in [2.45, 2.75) is 22.1 Å². The summed E-state index contributed by atoms with van der Waals surface area (Å²) in [5.74, 6) is -0.219. The lowest BCUT2D eigenvalue weighted by atomic mass is 10.1. The van der Waals surface area contributed by atoms with Gasteiger partial charge in [-0.05, 0) is 42.0 Å². The number of para-hydroxylation sites is 1. The molecule has 0 bridgehead atoms. The molecule has 0 aliphatic rings. The monoisotopic (exact) mass is 477 g/mol. The number of hydrogen-bond donors (Lipinski definition) is 2. The fourth-order valence-electron chi connectivity index (χ4n) is 3.33. The molecule has 1 atom stereocenters. The first-order valence-electron chi connectivity index (χ1n) is 10.4. The Bertz CT molecular complexity index is 1360. The molecule has 168 valence electrons. The van der Waals surface area contributed by atoms with Gasteiger partial charge >= 0.3 is 0 Å². The Labute approximate surface area is 197 Å². The second kappa shape index (κ2) is 10.2. The van der Waals surface area contributed by atoms with Crippen LogP contribution in [0.25, 0.3) is 10.9 Å². The number of aromatic nitrogens is 1. The molecule has 0 fully saturated rings. The van der Waals surface area contributed by atoms with Crippen LogP contribution in [0.5, 0.6) is 0 Å². The Hall–Kier alpha value is -3.20. The van der Waals surface area contributed by atoms with E-state index in [4.69, 9.17) is 4.98 Å². The Morgan fingerprint density at radius 3 is 2.33 bits per heavy atom. The number of thioether (sulfide) groups is 1. The van der Waals surface area contributed by atoms with Gasteiger partial charge in [-0.1, -0.05) is 73.3 Å². The molecule has 0 aliphatic carbocycles. The van der Waals surface area contributed by atoms with Crippen LogP contribution in [0.4, 0.5) is 5.69 Å². The number of nitrogens with zero attached hydrogens (tertiary/aromatic N) is 1. The van der Waals surface area contributed by atoms with Gasteiger partial charge in [-0.2, -0.15) is 0 Å². The van der Waals surface area contributed by atoms with Crippen LogP contribution in [0.15, 0.2) is 101 Å². The van der Waals surface area contributed by atoms with Gasteiger partial charge in [0.15, 0.2) is 0 Å². The Morgan fingerprint density at radius 2 is 1.61 bits per heavy atom. The summed E-state index contributed by atoms with van der Waals surface area (Å²) in [5.41, 5.74) is 2.23. The summed E-state index contributed by atoms with van der Waals surface area (Å²) in [4.78, 5) is 18.1. The van der Waals surface area contributed by atoms with Crippen molar-refractivity contribution in [2.24, 2.45) is 0 Å². The van der Waals surface area contributed by atoms with Crippen molar-refractivity contribution >= 4 is 44.3 Å². The van der Waals surface area contributed by atoms with Crippen molar-refractivity contribution < 1.29 is 13.2 Å². The van der Waals surface area contributed by atoms with E-state index in [1.54, 1.807) is 19.1 Å².